The van der Waals surface area contributed by atoms with Crippen LogP contribution in [0.3, 0.4) is 0 Å². The number of phenolic OH excluding ortho intramolecular Hbond substituents is 2. The SMILES string of the molecule is CCCCCC[Si](C)(C)c1cc(O)c(C/C=C(\C)CCC=C(C)C)c(O)c1. The summed E-state index contributed by atoms with van der Waals surface area (Å²) in [4.78, 5) is 0. The Morgan fingerprint density at radius 2 is 1.59 bits per heavy atom. The first-order chi connectivity index (χ1) is 12.7. The number of benzene rings is 1. The Kier molecular flexibility index (Phi) is 9.93. The zero-order valence-corrected chi connectivity index (χ0v) is 19.4. The number of phenols is 2. The molecule has 0 radical (unpaired) electrons. The average Bonchev–Trinajstić information content (AvgIpc) is 2.57. The molecule has 0 spiro atoms. The van der Waals surface area contributed by atoms with Gasteiger partial charge < -0.3 is 10.2 Å². The highest BCUT2D eigenvalue weighted by Gasteiger charge is 2.25. The standard InChI is InChI=1S/C24H40O2Si/c1-7-8-9-10-16-27(5,6)21-17-23(25)22(24(26)18-21)15-14-20(4)13-11-12-19(2)3/h12,14,17-18,25-26H,7-11,13,15-16H2,1-6H3/b20-14+. The zero-order chi connectivity index (χ0) is 20.4. The van der Waals surface area contributed by atoms with Crippen molar-refractivity contribution in [2.45, 2.75) is 91.8 Å². The van der Waals surface area contributed by atoms with Gasteiger partial charge >= 0.3 is 0 Å². The van der Waals surface area contributed by atoms with Crippen LogP contribution in [0.4, 0.5) is 0 Å². The molecule has 0 atom stereocenters. The van der Waals surface area contributed by atoms with Crippen molar-refractivity contribution in [3.8, 4) is 11.5 Å². The summed E-state index contributed by atoms with van der Waals surface area (Å²) in [6.07, 6.45) is 12.1. The van der Waals surface area contributed by atoms with E-state index in [4.69, 9.17) is 0 Å². The Bertz CT molecular complexity index is 629. The lowest BCUT2D eigenvalue weighted by Gasteiger charge is -2.24. The van der Waals surface area contributed by atoms with E-state index in [1.54, 1.807) is 0 Å². The van der Waals surface area contributed by atoms with E-state index in [0.717, 1.165) is 18.0 Å². The maximum Gasteiger partial charge on any atom is 0.122 e. The number of hydrogen-bond donors (Lipinski definition) is 2. The van der Waals surface area contributed by atoms with Crippen molar-refractivity contribution in [2.24, 2.45) is 0 Å². The topological polar surface area (TPSA) is 40.5 Å². The predicted octanol–water partition coefficient (Wildman–Crippen LogP) is 6.83. The predicted molar refractivity (Wildman–Crippen MR) is 122 cm³/mol. The van der Waals surface area contributed by atoms with Crippen LogP contribution in [0, 0.1) is 0 Å². The van der Waals surface area contributed by atoms with E-state index in [-0.39, 0.29) is 11.5 Å². The third kappa shape index (κ3) is 8.38. The molecule has 1 aromatic rings. The molecule has 0 aliphatic rings. The van der Waals surface area contributed by atoms with Gasteiger partial charge in [-0.15, -0.1) is 0 Å². The molecule has 0 aromatic heterocycles. The summed E-state index contributed by atoms with van der Waals surface area (Å²) in [5.74, 6) is 0.486. The first kappa shape index (κ1) is 23.6. The molecular weight excluding hydrogens is 348 g/mol. The lowest BCUT2D eigenvalue weighted by molar-refractivity contribution is 0.441. The molecule has 1 rings (SSSR count). The summed E-state index contributed by atoms with van der Waals surface area (Å²) in [6, 6.07) is 5.02. The van der Waals surface area contributed by atoms with E-state index in [0.29, 0.717) is 12.0 Å². The first-order valence-electron chi connectivity index (χ1n) is 10.5. The van der Waals surface area contributed by atoms with E-state index in [1.165, 1.54) is 42.9 Å². The molecule has 0 aliphatic heterocycles. The molecule has 27 heavy (non-hydrogen) atoms. The summed E-state index contributed by atoms with van der Waals surface area (Å²) in [5.41, 5.74) is 3.28. The largest absolute Gasteiger partial charge is 0.508 e. The van der Waals surface area contributed by atoms with Gasteiger partial charge in [-0.2, -0.15) is 0 Å². The normalized spacial score (nSPS) is 12.3. The summed E-state index contributed by atoms with van der Waals surface area (Å²) < 4.78 is 0. The van der Waals surface area contributed by atoms with Crippen LogP contribution >= 0.6 is 0 Å². The molecule has 0 aliphatic carbocycles. The molecule has 152 valence electrons. The van der Waals surface area contributed by atoms with Crippen molar-refractivity contribution < 1.29 is 10.2 Å². The minimum atomic E-state index is -1.63. The van der Waals surface area contributed by atoms with Gasteiger partial charge in [-0.25, -0.2) is 0 Å². The van der Waals surface area contributed by atoms with Crippen LogP contribution in [0.15, 0.2) is 35.4 Å². The maximum atomic E-state index is 10.5. The smallest absolute Gasteiger partial charge is 0.122 e. The molecule has 3 heteroatoms. The van der Waals surface area contributed by atoms with Crippen molar-refractivity contribution in [3.05, 3.63) is 41.0 Å². The number of unbranched alkanes of at least 4 members (excludes halogenated alkanes) is 3. The second kappa shape index (κ2) is 11.4. The highest BCUT2D eigenvalue weighted by atomic mass is 28.3. The van der Waals surface area contributed by atoms with E-state index >= 15 is 0 Å². The van der Waals surface area contributed by atoms with E-state index < -0.39 is 8.07 Å². The third-order valence-electron chi connectivity index (χ3n) is 5.39. The van der Waals surface area contributed by atoms with Crippen molar-refractivity contribution in [1.29, 1.82) is 0 Å². The summed E-state index contributed by atoms with van der Waals surface area (Å²) in [5, 5.41) is 22.2. The first-order valence-corrected chi connectivity index (χ1v) is 13.7. The van der Waals surface area contributed by atoms with Crippen molar-refractivity contribution in [2.75, 3.05) is 0 Å². The number of hydrogen-bond acceptors (Lipinski definition) is 2. The van der Waals surface area contributed by atoms with Gasteiger partial charge in [0.2, 0.25) is 0 Å². The van der Waals surface area contributed by atoms with Gasteiger partial charge in [-0.1, -0.05) is 80.2 Å². The average molecular weight is 389 g/mol. The van der Waals surface area contributed by atoms with Gasteiger partial charge in [0.05, 0.1) is 8.07 Å². The molecule has 0 amide bonds. The number of allylic oxidation sites excluding steroid dienone is 4. The van der Waals surface area contributed by atoms with Crippen LogP contribution in [0.1, 0.15) is 71.8 Å². The van der Waals surface area contributed by atoms with E-state index in [1.807, 2.05) is 12.1 Å². The molecule has 0 unspecified atom stereocenters. The molecule has 1 aromatic carbocycles. The molecule has 2 N–H and O–H groups in total. The molecule has 0 fully saturated rings. The Labute approximate surface area is 168 Å². The minimum Gasteiger partial charge on any atom is -0.508 e. The van der Waals surface area contributed by atoms with Crippen molar-refractivity contribution in [1.82, 2.24) is 0 Å². The Morgan fingerprint density at radius 3 is 2.15 bits per heavy atom. The van der Waals surface area contributed by atoms with Gasteiger partial charge in [0.1, 0.15) is 11.5 Å². The second-order valence-electron chi connectivity index (χ2n) is 8.76. The van der Waals surface area contributed by atoms with Crippen LogP contribution in [0.2, 0.25) is 19.1 Å². The lowest BCUT2D eigenvalue weighted by atomic mass is 10.0. The van der Waals surface area contributed by atoms with Gasteiger partial charge in [-0.05, 0) is 52.2 Å². The minimum absolute atomic E-state index is 0.243. The molecule has 0 heterocycles. The number of aromatic hydroxyl groups is 2. The van der Waals surface area contributed by atoms with Gasteiger partial charge in [0.15, 0.2) is 0 Å². The summed E-state index contributed by atoms with van der Waals surface area (Å²) in [7, 11) is -1.63. The highest BCUT2D eigenvalue weighted by molar-refractivity contribution is 6.89. The molecule has 2 nitrogen and oxygen atoms in total. The maximum absolute atomic E-state index is 10.5. The van der Waals surface area contributed by atoms with E-state index in [9.17, 15) is 10.2 Å². The van der Waals surface area contributed by atoms with Crippen LogP contribution in [-0.4, -0.2) is 18.3 Å². The molecule has 0 saturated carbocycles. The van der Waals surface area contributed by atoms with Crippen LogP contribution < -0.4 is 5.19 Å². The fraction of sp³-hybridized carbons (Fsp3) is 0.583. The van der Waals surface area contributed by atoms with Crippen molar-refractivity contribution >= 4 is 13.3 Å². The van der Waals surface area contributed by atoms with Crippen LogP contribution in [0.5, 0.6) is 11.5 Å². The third-order valence-corrected chi connectivity index (χ3v) is 8.84. The fourth-order valence-corrected chi connectivity index (χ4v) is 5.82. The Morgan fingerprint density at radius 1 is 0.963 bits per heavy atom. The quantitative estimate of drug-likeness (QED) is 0.248. The van der Waals surface area contributed by atoms with Crippen molar-refractivity contribution in [3.63, 3.8) is 0 Å². The van der Waals surface area contributed by atoms with Gasteiger partial charge in [0.25, 0.3) is 0 Å². The monoisotopic (exact) mass is 388 g/mol. The Balaban J connectivity index is 2.81. The fourth-order valence-electron chi connectivity index (χ4n) is 3.35. The Hall–Kier alpha value is -1.48. The molecular formula is C24H40O2Si. The van der Waals surface area contributed by atoms with E-state index in [2.05, 4.69) is 52.9 Å². The zero-order valence-electron chi connectivity index (χ0n) is 18.4. The lowest BCUT2D eigenvalue weighted by Crippen LogP contribution is -2.41. The van der Waals surface area contributed by atoms with Crippen LogP contribution in [0.25, 0.3) is 0 Å². The molecule has 0 saturated heterocycles. The summed E-state index contributed by atoms with van der Waals surface area (Å²) in [6.45, 7) is 13.2. The van der Waals surface area contributed by atoms with Crippen LogP contribution in [-0.2, 0) is 6.42 Å². The second-order valence-corrected chi connectivity index (χ2v) is 13.6. The number of rotatable bonds is 11. The summed E-state index contributed by atoms with van der Waals surface area (Å²) >= 11 is 0. The molecule has 0 bridgehead atoms. The van der Waals surface area contributed by atoms with Gasteiger partial charge in [0, 0.05) is 5.56 Å². The highest BCUT2D eigenvalue weighted by Crippen LogP contribution is 2.29. The van der Waals surface area contributed by atoms with Gasteiger partial charge in [-0.3, -0.25) is 0 Å².